The van der Waals surface area contributed by atoms with Crippen molar-refractivity contribution in [3.05, 3.63) is 35.4 Å². The van der Waals surface area contributed by atoms with Gasteiger partial charge in [0.05, 0.1) is 12.5 Å². The predicted octanol–water partition coefficient (Wildman–Crippen LogP) is 1.44. The van der Waals surface area contributed by atoms with Gasteiger partial charge < -0.3 is 15.2 Å². The van der Waals surface area contributed by atoms with E-state index in [4.69, 9.17) is 9.84 Å². The minimum atomic E-state index is -0.803. The molecular weight excluding hydrogens is 218 g/mol. The number of carboxylic acids is 1. The Hall–Kier alpha value is -1.39. The largest absolute Gasteiger partial charge is 0.481 e. The van der Waals surface area contributed by atoms with Gasteiger partial charge in [-0.2, -0.15) is 0 Å². The van der Waals surface area contributed by atoms with E-state index in [9.17, 15) is 4.79 Å². The zero-order valence-electron chi connectivity index (χ0n) is 10.3. The molecule has 0 bridgehead atoms. The third-order valence-corrected chi connectivity index (χ3v) is 2.61. The number of hydrogen-bond donors (Lipinski definition) is 2. The molecule has 1 unspecified atom stereocenters. The fourth-order valence-corrected chi connectivity index (χ4v) is 1.56. The summed E-state index contributed by atoms with van der Waals surface area (Å²) in [5, 5.41) is 12.1. The van der Waals surface area contributed by atoms with Crippen molar-refractivity contribution in [1.82, 2.24) is 5.32 Å². The number of carboxylic acid groups (broad SMARTS) is 1. The molecule has 0 amide bonds. The summed E-state index contributed by atoms with van der Waals surface area (Å²) in [6.45, 7) is 3.39. The van der Waals surface area contributed by atoms with Crippen LogP contribution in [0.1, 0.15) is 18.1 Å². The van der Waals surface area contributed by atoms with Crippen molar-refractivity contribution in [3.63, 3.8) is 0 Å². The van der Waals surface area contributed by atoms with Gasteiger partial charge in [0.2, 0.25) is 0 Å². The van der Waals surface area contributed by atoms with E-state index in [0.29, 0.717) is 6.54 Å². The number of methoxy groups -OCH3 is 1. The van der Waals surface area contributed by atoms with Crippen LogP contribution in [0.3, 0.4) is 0 Å². The molecule has 4 heteroatoms. The second kappa shape index (κ2) is 7.04. The Bertz CT molecular complexity index is 365. The van der Waals surface area contributed by atoms with Crippen LogP contribution in [-0.4, -0.2) is 30.8 Å². The number of ether oxygens (including phenoxy) is 1. The summed E-state index contributed by atoms with van der Waals surface area (Å²) in [4.78, 5) is 10.7. The molecular formula is C13H19NO3. The third-order valence-electron chi connectivity index (χ3n) is 2.61. The molecule has 1 atom stereocenters. The highest BCUT2D eigenvalue weighted by atomic mass is 16.5. The SMILES string of the molecule is COC(C)CNCc1ccccc1CC(=O)O. The van der Waals surface area contributed by atoms with E-state index in [-0.39, 0.29) is 12.5 Å². The molecule has 0 heterocycles. The summed E-state index contributed by atoms with van der Waals surface area (Å²) in [6, 6.07) is 7.58. The van der Waals surface area contributed by atoms with Crippen LogP contribution in [0, 0.1) is 0 Å². The number of aliphatic carboxylic acids is 1. The van der Waals surface area contributed by atoms with Gasteiger partial charge >= 0.3 is 5.97 Å². The minimum Gasteiger partial charge on any atom is -0.481 e. The van der Waals surface area contributed by atoms with E-state index in [1.165, 1.54) is 0 Å². The Morgan fingerprint density at radius 3 is 2.65 bits per heavy atom. The molecule has 4 nitrogen and oxygen atoms in total. The summed E-state index contributed by atoms with van der Waals surface area (Å²) < 4.78 is 5.13. The molecule has 0 spiro atoms. The van der Waals surface area contributed by atoms with Gasteiger partial charge in [0.25, 0.3) is 0 Å². The molecule has 17 heavy (non-hydrogen) atoms. The van der Waals surface area contributed by atoms with Crippen LogP contribution < -0.4 is 5.32 Å². The number of nitrogens with one attached hydrogen (secondary N) is 1. The highest BCUT2D eigenvalue weighted by Gasteiger charge is 2.06. The minimum absolute atomic E-state index is 0.0671. The highest BCUT2D eigenvalue weighted by Crippen LogP contribution is 2.09. The van der Waals surface area contributed by atoms with Crippen molar-refractivity contribution in [3.8, 4) is 0 Å². The monoisotopic (exact) mass is 237 g/mol. The highest BCUT2D eigenvalue weighted by molar-refractivity contribution is 5.70. The molecule has 0 saturated carbocycles. The lowest BCUT2D eigenvalue weighted by Gasteiger charge is -2.12. The third kappa shape index (κ3) is 4.97. The summed E-state index contributed by atoms with van der Waals surface area (Å²) in [7, 11) is 1.67. The van der Waals surface area contributed by atoms with Crippen LogP contribution in [0.4, 0.5) is 0 Å². The van der Waals surface area contributed by atoms with Gasteiger partial charge in [-0.15, -0.1) is 0 Å². The smallest absolute Gasteiger partial charge is 0.307 e. The van der Waals surface area contributed by atoms with Gasteiger partial charge in [0.1, 0.15) is 0 Å². The standard InChI is InChI=1S/C13H19NO3/c1-10(17-2)8-14-9-12-6-4-3-5-11(12)7-13(15)16/h3-6,10,14H,7-9H2,1-2H3,(H,15,16). The van der Waals surface area contributed by atoms with Crippen molar-refractivity contribution in [2.45, 2.75) is 26.0 Å². The number of hydrogen-bond acceptors (Lipinski definition) is 3. The maximum absolute atomic E-state index is 10.7. The lowest BCUT2D eigenvalue weighted by Crippen LogP contribution is -2.26. The van der Waals surface area contributed by atoms with Gasteiger partial charge in [-0.1, -0.05) is 24.3 Å². The molecule has 2 N–H and O–H groups in total. The van der Waals surface area contributed by atoms with Crippen molar-refractivity contribution in [1.29, 1.82) is 0 Å². The number of carbonyl (C=O) groups is 1. The van der Waals surface area contributed by atoms with Crippen LogP contribution >= 0.6 is 0 Å². The molecule has 0 radical (unpaired) electrons. The first kappa shape index (κ1) is 13.7. The lowest BCUT2D eigenvalue weighted by atomic mass is 10.0. The van der Waals surface area contributed by atoms with Crippen molar-refractivity contribution in [2.75, 3.05) is 13.7 Å². The fraction of sp³-hybridized carbons (Fsp3) is 0.462. The van der Waals surface area contributed by atoms with E-state index in [0.717, 1.165) is 17.7 Å². The summed E-state index contributed by atoms with van der Waals surface area (Å²) >= 11 is 0. The Balaban J connectivity index is 2.54. The lowest BCUT2D eigenvalue weighted by molar-refractivity contribution is -0.136. The van der Waals surface area contributed by atoms with Gasteiger partial charge in [-0.25, -0.2) is 0 Å². The zero-order valence-corrected chi connectivity index (χ0v) is 10.3. The van der Waals surface area contributed by atoms with Crippen LogP contribution in [0.15, 0.2) is 24.3 Å². The van der Waals surface area contributed by atoms with Crippen molar-refractivity contribution in [2.24, 2.45) is 0 Å². The van der Waals surface area contributed by atoms with Gasteiger partial charge in [-0.05, 0) is 18.1 Å². The number of benzene rings is 1. The van der Waals surface area contributed by atoms with Gasteiger partial charge in [0.15, 0.2) is 0 Å². The van der Waals surface area contributed by atoms with Crippen LogP contribution in [0.25, 0.3) is 0 Å². The van der Waals surface area contributed by atoms with E-state index >= 15 is 0 Å². The van der Waals surface area contributed by atoms with Crippen molar-refractivity contribution < 1.29 is 14.6 Å². The quantitative estimate of drug-likeness (QED) is 0.753. The Morgan fingerprint density at radius 1 is 1.41 bits per heavy atom. The van der Waals surface area contributed by atoms with Crippen LogP contribution in [-0.2, 0) is 22.5 Å². The zero-order chi connectivity index (χ0) is 12.7. The van der Waals surface area contributed by atoms with E-state index in [2.05, 4.69) is 5.32 Å². The second-order valence-corrected chi connectivity index (χ2v) is 4.02. The van der Waals surface area contributed by atoms with E-state index < -0.39 is 5.97 Å². The molecule has 0 aliphatic rings. The molecule has 0 aliphatic heterocycles. The molecule has 0 aliphatic carbocycles. The molecule has 1 aromatic carbocycles. The molecule has 1 rings (SSSR count). The first-order valence-corrected chi connectivity index (χ1v) is 5.65. The second-order valence-electron chi connectivity index (χ2n) is 4.02. The average Bonchev–Trinajstić information content (AvgIpc) is 2.30. The predicted molar refractivity (Wildman–Crippen MR) is 66.0 cm³/mol. The Kier molecular flexibility index (Phi) is 5.66. The van der Waals surface area contributed by atoms with Crippen LogP contribution in [0.2, 0.25) is 0 Å². The van der Waals surface area contributed by atoms with E-state index in [1.807, 2.05) is 31.2 Å². The first-order valence-electron chi connectivity index (χ1n) is 5.65. The molecule has 0 fully saturated rings. The molecule has 94 valence electrons. The van der Waals surface area contributed by atoms with Crippen molar-refractivity contribution >= 4 is 5.97 Å². The molecule has 0 aromatic heterocycles. The first-order chi connectivity index (χ1) is 8.13. The van der Waals surface area contributed by atoms with Gasteiger partial charge in [0, 0.05) is 20.2 Å². The molecule has 1 aromatic rings. The summed E-state index contributed by atoms with van der Waals surface area (Å²) in [5.74, 6) is -0.803. The maximum Gasteiger partial charge on any atom is 0.307 e. The topological polar surface area (TPSA) is 58.6 Å². The number of rotatable bonds is 7. The fourth-order valence-electron chi connectivity index (χ4n) is 1.56. The average molecular weight is 237 g/mol. The Labute approximate surface area is 102 Å². The van der Waals surface area contributed by atoms with Gasteiger partial charge in [-0.3, -0.25) is 4.79 Å². The summed E-state index contributed by atoms with van der Waals surface area (Å²) in [5.41, 5.74) is 1.88. The Morgan fingerprint density at radius 2 is 2.06 bits per heavy atom. The summed E-state index contributed by atoms with van der Waals surface area (Å²) in [6.07, 6.45) is 0.221. The van der Waals surface area contributed by atoms with Crippen LogP contribution in [0.5, 0.6) is 0 Å². The van der Waals surface area contributed by atoms with E-state index in [1.54, 1.807) is 7.11 Å². The normalized spacial score (nSPS) is 12.4. The molecule has 0 saturated heterocycles. The maximum atomic E-state index is 10.7.